The summed E-state index contributed by atoms with van der Waals surface area (Å²) in [4.78, 5) is -0.381. The van der Waals surface area contributed by atoms with Crippen molar-refractivity contribution in [2.45, 2.75) is 4.83 Å². The number of alkyl halides is 1. The van der Waals surface area contributed by atoms with Gasteiger partial charge in [0.15, 0.2) is 0 Å². The van der Waals surface area contributed by atoms with Crippen LogP contribution in [0, 0.1) is 5.82 Å². The largest absolute Gasteiger partial charge is 0.496 e. The number of rotatable bonds is 3. The van der Waals surface area contributed by atoms with Crippen molar-refractivity contribution in [2.24, 2.45) is 0 Å². The van der Waals surface area contributed by atoms with Crippen LogP contribution >= 0.6 is 43.5 Å². The molecule has 0 saturated heterocycles. The van der Waals surface area contributed by atoms with Gasteiger partial charge in [0.1, 0.15) is 11.6 Å². The molecule has 0 fully saturated rings. The van der Waals surface area contributed by atoms with Gasteiger partial charge in [0.05, 0.1) is 11.9 Å². The fraction of sp³-hybridized carbons (Fsp3) is 0.143. The predicted molar refractivity (Wildman–Crippen MR) is 82.9 cm³/mol. The predicted octanol–water partition coefficient (Wildman–Crippen LogP) is 5.73. The second-order valence-electron chi connectivity index (χ2n) is 3.88. The smallest absolute Gasteiger partial charge is 0.129 e. The zero-order chi connectivity index (χ0) is 14.0. The first-order chi connectivity index (χ1) is 9.04. The molecule has 0 radical (unpaired) electrons. The summed E-state index contributed by atoms with van der Waals surface area (Å²) in [5.74, 6) is 0.320. The van der Waals surface area contributed by atoms with Gasteiger partial charge in [-0.3, -0.25) is 0 Å². The third-order valence-corrected chi connectivity index (χ3v) is 4.49. The minimum atomic E-state index is -0.381. The average Bonchev–Trinajstić information content (AvgIpc) is 2.38. The highest BCUT2D eigenvalue weighted by atomic mass is 79.9. The lowest BCUT2D eigenvalue weighted by Gasteiger charge is -2.17. The monoisotopic (exact) mass is 406 g/mol. The van der Waals surface area contributed by atoms with Crippen LogP contribution in [0.1, 0.15) is 16.0 Å². The lowest BCUT2D eigenvalue weighted by Crippen LogP contribution is -2.00. The van der Waals surface area contributed by atoms with Crippen molar-refractivity contribution in [1.29, 1.82) is 0 Å². The van der Waals surface area contributed by atoms with E-state index in [-0.39, 0.29) is 10.6 Å². The molecule has 0 bridgehead atoms. The molecule has 1 atom stereocenters. The standard InChI is InChI=1S/C14H10Br2ClFO/c1-19-12-6-5-8(15)7-9(12)14(16)13-10(17)3-2-4-11(13)18/h2-7,14H,1H3. The van der Waals surface area contributed by atoms with Crippen molar-refractivity contribution in [3.63, 3.8) is 0 Å². The molecule has 0 aliphatic carbocycles. The number of halogens is 4. The van der Waals surface area contributed by atoms with Gasteiger partial charge in [-0.15, -0.1) is 0 Å². The molecule has 0 spiro atoms. The Morgan fingerprint density at radius 3 is 2.63 bits per heavy atom. The van der Waals surface area contributed by atoms with Crippen molar-refractivity contribution >= 4 is 43.5 Å². The summed E-state index contributed by atoms with van der Waals surface area (Å²) in [6.07, 6.45) is 0. The minimum absolute atomic E-state index is 0.351. The van der Waals surface area contributed by atoms with Gasteiger partial charge < -0.3 is 4.74 Å². The lowest BCUT2D eigenvalue weighted by atomic mass is 10.0. The number of methoxy groups -OCH3 is 1. The summed E-state index contributed by atoms with van der Waals surface area (Å²) < 4.78 is 20.2. The molecule has 0 N–H and O–H groups in total. The molecule has 0 aliphatic rings. The van der Waals surface area contributed by atoms with Crippen LogP contribution in [0.15, 0.2) is 40.9 Å². The Bertz CT molecular complexity index is 584. The maximum atomic E-state index is 14.0. The van der Waals surface area contributed by atoms with Gasteiger partial charge in [-0.1, -0.05) is 49.5 Å². The molecule has 5 heteroatoms. The van der Waals surface area contributed by atoms with Crippen molar-refractivity contribution in [3.05, 3.63) is 62.8 Å². The summed E-state index contributed by atoms with van der Waals surface area (Å²) >= 11 is 13.0. The van der Waals surface area contributed by atoms with E-state index >= 15 is 0 Å². The van der Waals surface area contributed by atoms with Crippen LogP contribution in [0.4, 0.5) is 4.39 Å². The van der Waals surface area contributed by atoms with E-state index < -0.39 is 0 Å². The molecule has 2 aromatic carbocycles. The second kappa shape index (κ2) is 6.25. The van der Waals surface area contributed by atoms with E-state index in [2.05, 4.69) is 31.9 Å². The van der Waals surface area contributed by atoms with E-state index in [0.29, 0.717) is 16.3 Å². The molecule has 100 valence electrons. The molecule has 0 saturated carbocycles. The highest BCUT2D eigenvalue weighted by Gasteiger charge is 2.21. The van der Waals surface area contributed by atoms with Crippen molar-refractivity contribution in [1.82, 2.24) is 0 Å². The quantitative estimate of drug-likeness (QED) is 0.589. The van der Waals surface area contributed by atoms with Crippen molar-refractivity contribution in [2.75, 3.05) is 7.11 Å². The maximum Gasteiger partial charge on any atom is 0.129 e. The van der Waals surface area contributed by atoms with Crippen LogP contribution in [0.2, 0.25) is 5.02 Å². The normalized spacial score (nSPS) is 12.3. The summed E-state index contributed by atoms with van der Waals surface area (Å²) in [6, 6.07) is 10.2. The van der Waals surface area contributed by atoms with Crippen LogP contribution in [0.25, 0.3) is 0 Å². The molecule has 0 heterocycles. The first-order valence-corrected chi connectivity index (χ1v) is 7.54. The third kappa shape index (κ3) is 3.12. The van der Waals surface area contributed by atoms with Crippen LogP contribution in [-0.4, -0.2) is 7.11 Å². The second-order valence-corrected chi connectivity index (χ2v) is 6.12. The summed E-state index contributed by atoms with van der Waals surface area (Å²) in [7, 11) is 1.58. The Morgan fingerprint density at radius 2 is 2.00 bits per heavy atom. The van der Waals surface area contributed by atoms with E-state index in [9.17, 15) is 4.39 Å². The Morgan fingerprint density at radius 1 is 1.26 bits per heavy atom. The number of ether oxygens (including phenoxy) is 1. The van der Waals surface area contributed by atoms with E-state index in [1.807, 2.05) is 18.2 Å². The van der Waals surface area contributed by atoms with E-state index in [1.54, 1.807) is 19.2 Å². The summed E-state index contributed by atoms with van der Waals surface area (Å²) in [6.45, 7) is 0. The van der Waals surface area contributed by atoms with Gasteiger partial charge in [-0.05, 0) is 30.3 Å². The molecule has 0 aliphatic heterocycles. The van der Waals surface area contributed by atoms with Crippen LogP contribution < -0.4 is 4.74 Å². The average molecular weight is 408 g/mol. The highest BCUT2D eigenvalue weighted by Crippen LogP contribution is 2.41. The Kier molecular flexibility index (Phi) is 4.87. The van der Waals surface area contributed by atoms with Crippen LogP contribution in [-0.2, 0) is 0 Å². The van der Waals surface area contributed by atoms with Crippen LogP contribution in [0.3, 0.4) is 0 Å². The molecule has 2 rings (SSSR count). The zero-order valence-corrected chi connectivity index (χ0v) is 13.9. The van der Waals surface area contributed by atoms with Crippen molar-refractivity contribution in [3.8, 4) is 5.75 Å². The molecule has 1 nitrogen and oxygen atoms in total. The molecule has 1 unspecified atom stereocenters. The topological polar surface area (TPSA) is 9.23 Å². The first kappa shape index (κ1) is 14.8. The van der Waals surface area contributed by atoms with E-state index in [1.165, 1.54) is 6.07 Å². The Labute approximate surface area is 133 Å². The molecule has 19 heavy (non-hydrogen) atoms. The highest BCUT2D eigenvalue weighted by molar-refractivity contribution is 9.10. The van der Waals surface area contributed by atoms with Gasteiger partial charge in [-0.25, -0.2) is 4.39 Å². The molecule has 0 amide bonds. The molecular weight excluding hydrogens is 398 g/mol. The molecule has 2 aromatic rings. The minimum Gasteiger partial charge on any atom is -0.496 e. The maximum absolute atomic E-state index is 14.0. The zero-order valence-electron chi connectivity index (χ0n) is 9.96. The number of hydrogen-bond acceptors (Lipinski definition) is 1. The van der Waals surface area contributed by atoms with E-state index in [4.69, 9.17) is 16.3 Å². The Balaban J connectivity index is 2.55. The van der Waals surface area contributed by atoms with Gasteiger partial charge >= 0.3 is 0 Å². The third-order valence-electron chi connectivity index (χ3n) is 2.72. The first-order valence-electron chi connectivity index (χ1n) is 5.46. The van der Waals surface area contributed by atoms with Gasteiger partial charge in [0, 0.05) is 20.6 Å². The molecular formula is C14H10Br2ClFO. The van der Waals surface area contributed by atoms with Crippen LogP contribution in [0.5, 0.6) is 5.75 Å². The Hall–Kier alpha value is -0.580. The number of hydrogen-bond donors (Lipinski definition) is 0. The van der Waals surface area contributed by atoms with Crippen molar-refractivity contribution < 1.29 is 9.13 Å². The lowest BCUT2D eigenvalue weighted by molar-refractivity contribution is 0.410. The fourth-order valence-corrected chi connectivity index (χ4v) is 3.42. The van der Waals surface area contributed by atoms with Gasteiger partial charge in [0.2, 0.25) is 0 Å². The van der Waals surface area contributed by atoms with E-state index in [0.717, 1.165) is 10.0 Å². The molecule has 0 aromatic heterocycles. The van der Waals surface area contributed by atoms with Gasteiger partial charge in [0.25, 0.3) is 0 Å². The fourth-order valence-electron chi connectivity index (χ4n) is 1.81. The SMILES string of the molecule is COc1ccc(Br)cc1C(Br)c1c(F)cccc1Cl. The summed E-state index contributed by atoms with van der Waals surface area (Å²) in [5.41, 5.74) is 1.21. The number of benzene rings is 2. The van der Waals surface area contributed by atoms with Gasteiger partial charge in [-0.2, -0.15) is 0 Å². The summed E-state index contributed by atoms with van der Waals surface area (Å²) in [5, 5.41) is 0.379.